The Labute approximate surface area is 228 Å². The molecule has 5 amide bonds. The molecule has 0 aliphatic carbocycles. The van der Waals surface area contributed by atoms with Crippen molar-refractivity contribution in [1.29, 1.82) is 0 Å². The molecule has 0 spiro atoms. The van der Waals surface area contributed by atoms with Crippen LogP contribution in [0.1, 0.15) is 18.4 Å². The molecule has 2 heterocycles. The minimum atomic E-state index is -1.33. The Balaban J connectivity index is 1.34. The lowest BCUT2D eigenvalue weighted by molar-refractivity contribution is -0.758. The topological polar surface area (TPSA) is 181 Å². The molecule has 3 aromatic rings. The van der Waals surface area contributed by atoms with Gasteiger partial charge in [0.25, 0.3) is 5.91 Å². The molecule has 1 aliphatic rings. The van der Waals surface area contributed by atoms with Gasteiger partial charge in [-0.1, -0.05) is 42.5 Å². The zero-order chi connectivity index (χ0) is 28.5. The van der Waals surface area contributed by atoms with E-state index in [0.717, 1.165) is 16.6 Å². The van der Waals surface area contributed by atoms with E-state index in [4.69, 9.17) is 4.74 Å². The fourth-order valence-corrected chi connectivity index (χ4v) is 4.37. The molecule has 0 radical (unpaired) electrons. The molecule has 0 saturated carbocycles. The minimum absolute atomic E-state index is 0.0217. The molecule has 1 aliphatic heterocycles. The third-order valence-corrected chi connectivity index (χ3v) is 6.34. The van der Waals surface area contributed by atoms with Gasteiger partial charge in [-0.3, -0.25) is 14.9 Å². The number of imidazole rings is 1. The number of aromatic nitrogens is 2. The van der Waals surface area contributed by atoms with Crippen molar-refractivity contribution in [2.45, 2.75) is 25.6 Å². The molecular formula is C26H30N7O7+. The number of benzene rings is 2. The predicted octanol–water partition coefficient (Wildman–Crippen LogP) is 0.880. The van der Waals surface area contributed by atoms with Crippen LogP contribution in [0.3, 0.4) is 0 Å². The number of urea groups is 1. The van der Waals surface area contributed by atoms with E-state index in [-0.39, 0.29) is 19.7 Å². The standard InChI is InChI=1S/C26H29N7O7/c34-22(30-21(13-24(36)37)31-26(39)40-16-18-7-2-1-3-8-18)15-33(23(35)14-27-25(33)38)12-6-11-29-32-17-28-19-9-4-5-10-20(19)32/h1-5,7-10,17,21,29H,6,11-16H2,(H3-,27,30,31,34,36,37,38,39)/p+1. The summed E-state index contributed by atoms with van der Waals surface area (Å²) < 4.78 is 6.05. The number of carboxylic acid groups (broad SMARTS) is 1. The number of carboxylic acids is 1. The molecule has 0 bridgehead atoms. The lowest BCUT2D eigenvalue weighted by Gasteiger charge is -2.28. The zero-order valence-electron chi connectivity index (χ0n) is 21.5. The van der Waals surface area contributed by atoms with E-state index in [1.807, 2.05) is 24.3 Å². The van der Waals surface area contributed by atoms with Gasteiger partial charge in [0.2, 0.25) is 0 Å². The van der Waals surface area contributed by atoms with Gasteiger partial charge in [-0.05, 0) is 17.7 Å². The lowest BCUT2D eigenvalue weighted by atomic mass is 10.2. The summed E-state index contributed by atoms with van der Waals surface area (Å²) in [5.41, 5.74) is 5.55. The first-order chi connectivity index (χ1) is 19.3. The number of carbonyl (C=O) groups is 5. The van der Waals surface area contributed by atoms with Crippen LogP contribution in [-0.4, -0.2) is 81.5 Å². The van der Waals surface area contributed by atoms with Crippen molar-refractivity contribution >= 4 is 40.9 Å². The average molecular weight is 553 g/mol. The van der Waals surface area contributed by atoms with E-state index in [9.17, 15) is 29.1 Å². The maximum Gasteiger partial charge on any atom is 0.425 e. The number of carbonyl (C=O) groups excluding carboxylic acids is 4. The summed E-state index contributed by atoms with van der Waals surface area (Å²) >= 11 is 0. The van der Waals surface area contributed by atoms with Crippen molar-refractivity contribution in [2.75, 3.05) is 31.6 Å². The van der Waals surface area contributed by atoms with Crippen molar-refractivity contribution in [2.24, 2.45) is 0 Å². The van der Waals surface area contributed by atoms with Gasteiger partial charge in [0.15, 0.2) is 6.54 Å². The molecule has 1 aromatic heterocycles. The quantitative estimate of drug-likeness (QED) is 0.0890. The van der Waals surface area contributed by atoms with Crippen LogP contribution >= 0.6 is 0 Å². The van der Waals surface area contributed by atoms with E-state index in [2.05, 4.69) is 26.4 Å². The van der Waals surface area contributed by atoms with Crippen LogP contribution in [-0.2, 0) is 25.7 Å². The number of para-hydroxylation sites is 2. The van der Waals surface area contributed by atoms with Crippen LogP contribution in [0.25, 0.3) is 11.0 Å². The number of quaternary nitrogens is 1. The van der Waals surface area contributed by atoms with Gasteiger partial charge in [-0.15, -0.1) is 0 Å². The first-order valence-electron chi connectivity index (χ1n) is 12.6. The van der Waals surface area contributed by atoms with Crippen molar-refractivity contribution in [3.63, 3.8) is 0 Å². The summed E-state index contributed by atoms with van der Waals surface area (Å²) in [5.74, 6) is -2.56. The number of imide groups is 1. The highest BCUT2D eigenvalue weighted by molar-refractivity contribution is 5.94. The van der Waals surface area contributed by atoms with E-state index >= 15 is 0 Å². The van der Waals surface area contributed by atoms with Gasteiger partial charge < -0.3 is 25.9 Å². The van der Waals surface area contributed by atoms with Gasteiger partial charge in [0, 0.05) is 13.0 Å². The Morgan fingerprint density at radius 1 is 1.07 bits per heavy atom. The number of fused-ring (bicyclic) bond motifs is 1. The number of aliphatic carboxylic acids is 1. The Hall–Kier alpha value is -4.98. The van der Waals surface area contributed by atoms with Gasteiger partial charge in [0.05, 0.1) is 24.0 Å². The monoisotopic (exact) mass is 552 g/mol. The molecule has 5 N–H and O–H groups in total. The SMILES string of the molecule is O=C(O)CC(NC(=O)C[N+]1(CCCNn2cnc3ccccc32)C(=O)CNC1=O)NC(=O)OCc1ccccc1. The highest BCUT2D eigenvalue weighted by Gasteiger charge is 2.51. The highest BCUT2D eigenvalue weighted by atomic mass is 16.5. The lowest BCUT2D eigenvalue weighted by Crippen LogP contribution is -2.60. The molecule has 14 heteroatoms. The molecule has 14 nitrogen and oxygen atoms in total. The molecule has 2 unspecified atom stereocenters. The van der Waals surface area contributed by atoms with Crippen LogP contribution < -0.4 is 21.4 Å². The fraction of sp³-hybridized carbons (Fsp3) is 0.308. The maximum atomic E-state index is 12.9. The van der Waals surface area contributed by atoms with Crippen molar-refractivity contribution < 1.29 is 38.3 Å². The number of alkyl carbamates (subject to hydrolysis) is 1. The smallest absolute Gasteiger partial charge is 0.425 e. The predicted molar refractivity (Wildman–Crippen MR) is 141 cm³/mol. The molecule has 2 atom stereocenters. The normalized spacial score (nSPS) is 17.2. The molecule has 2 aromatic carbocycles. The van der Waals surface area contributed by atoms with Crippen LogP contribution in [0.15, 0.2) is 60.9 Å². The van der Waals surface area contributed by atoms with Crippen LogP contribution in [0.4, 0.5) is 9.59 Å². The second-order valence-electron chi connectivity index (χ2n) is 9.19. The van der Waals surface area contributed by atoms with Crippen LogP contribution in [0, 0.1) is 0 Å². The summed E-state index contributed by atoms with van der Waals surface area (Å²) in [6.07, 6.45) is -0.939. The van der Waals surface area contributed by atoms with E-state index in [0.29, 0.717) is 13.0 Å². The van der Waals surface area contributed by atoms with Gasteiger partial charge >= 0.3 is 24.0 Å². The molecule has 4 rings (SSSR count). The summed E-state index contributed by atoms with van der Waals surface area (Å²) in [7, 11) is 0. The van der Waals surface area contributed by atoms with Crippen molar-refractivity contribution in [3.05, 3.63) is 66.5 Å². The molecule has 40 heavy (non-hydrogen) atoms. The summed E-state index contributed by atoms with van der Waals surface area (Å²) in [4.78, 5) is 66.3. The molecular weight excluding hydrogens is 522 g/mol. The Morgan fingerprint density at radius 2 is 1.82 bits per heavy atom. The number of amides is 5. The first-order valence-corrected chi connectivity index (χ1v) is 12.6. The summed E-state index contributed by atoms with van der Waals surface area (Å²) in [5, 5.41) is 16.4. The Kier molecular flexibility index (Phi) is 8.91. The second-order valence-corrected chi connectivity index (χ2v) is 9.19. The minimum Gasteiger partial charge on any atom is -0.481 e. The second kappa shape index (κ2) is 12.7. The molecule has 1 saturated heterocycles. The van der Waals surface area contributed by atoms with Crippen molar-refractivity contribution in [3.8, 4) is 0 Å². The number of nitrogens with one attached hydrogen (secondary N) is 4. The van der Waals surface area contributed by atoms with Gasteiger partial charge in [0.1, 0.15) is 25.6 Å². The Bertz CT molecular complexity index is 1380. The van der Waals surface area contributed by atoms with Gasteiger partial charge in [-0.25, -0.2) is 24.0 Å². The fourth-order valence-electron chi connectivity index (χ4n) is 4.37. The highest BCUT2D eigenvalue weighted by Crippen LogP contribution is 2.16. The van der Waals surface area contributed by atoms with E-state index < -0.39 is 53.5 Å². The van der Waals surface area contributed by atoms with E-state index in [1.165, 1.54) is 0 Å². The maximum absolute atomic E-state index is 12.9. The number of hydrogen-bond acceptors (Lipinski definition) is 8. The number of rotatable bonds is 13. The number of ether oxygens (including phenoxy) is 1. The van der Waals surface area contributed by atoms with Crippen molar-refractivity contribution in [1.82, 2.24) is 25.6 Å². The van der Waals surface area contributed by atoms with E-state index in [1.54, 1.807) is 41.3 Å². The largest absolute Gasteiger partial charge is 0.481 e. The zero-order valence-corrected chi connectivity index (χ0v) is 21.5. The van der Waals surface area contributed by atoms with Gasteiger partial charge in [-0.2, -0.15) is 4.48 Å². The average Bonchev–Trinajstić information content (AvgIpc) is 3.46. The summed E-state index contributed by atoms with van der Waals surface area (Å²) in [6, 6.07) is 15.7. The molecule has 210 valence electrons. The van der Waals surface area contributed by atoms with Crippen LogP contribution in [0.2, 0.25) is 0 Å². The number of nitrogens with zero attached hydrogens (tertiary/aromatic N) is 3. The third kappa shape index (κ3) is 6.91. The third-order valence-electron chi connectivity index (χ3n) is 6.34. The van der Waals surface area contributed by atoms with Crippen LogP contribution in [0.5, 0.6) is 0 Å². The number of hydrogen-bond donors (Lipinski definition) is 5. The molecule has 1 fully saturated rings. The summed E-state index contributed by atoms with van der Waals surface area (Å²) in [6.45, 7) is -0.450. The first kappa shape index (κ1) is 28.0. The Morgan fingerprint density at radius 3 is 2.55 bits per heavy atom.